The van der Waals surface area contributed by atoms with Crippen molar-refractivity contribution < 1.29 is 14.3 Å². The Hall–Kier alpha value is -2.71. The second kappa shape index (κ2) is 8.80. The van der Waals surface area contributed by atoms with E-state index in [1.54, 1.807) is 0 Å². The van der Waals surface area contributed by atoms with Crippen LogP contribution in [0.4, 0.5) is 0 Å². The summed E-state index contributed by atoms with van der Waals surface area (Å²) in [4.78, 5) is 11.9. The number of nitriles is 1. The molecule has 0 bridgehead atoms. The molecule has 2 aromatic carbocycles. The third kappa shape index (κ3) is 4.90. The fourth-order valence-corrected chi connectivity index (χ4v) is 2.37. The molecule has 0 fully saturated rings. The summed E-state index contributed by atoms with van der Waals surface area (Å²) in [5.74, 6) is 0.306. The number of methoxy groups -OCH3 is 1. The summed E-state index contributed by atoms with van der Waals surface area (Å²) < 4.78 is 10.6. The summed E-state index contributed by atoms with van der Waals surface area (Å²) in [6.07, 6.45) is 0.744. The lowest BCUT2D eigenvalue weighted by molar-refractivity contribution is -0.123. The van der Waals surface area contributed by atoms with E-state index in [0.29, 0.717) is 17.9 Å². The van der Waals surface area contributed by atoms with E-state index in [9.17, 15) is 4.79 Å². The van der Waals surface area contributed by atoms with Crippen molar-refractivity contribution >= 4 is 17.5 Å². The van der Waals surface area contributed by atoms with E-state index in [0.717, 1.165) is 12.0 Å². The van der Waals surface area contributed by atoms with Crippen molar-refractivity contribution in [2.75, 3.05) is 20.3 Å². The highest BCUT2D eigenvalue weighted by Gasteiger charge is 2.13. The molecule has 0 saturated heterocycles. The van der Waals surface area contributed by atoms with Gasteiger partial charge in [0.05, 0.1) is 23.8 Å². The molecule has 0 spiro atoms. The highest BCUT2D eigenvalue weighted by Crippen LogP contribution is 2.36. The minimum Gasteiger partial charge on any atom is -0.493 e. The molecular formula is C18H17ClN2O3. The number of amides is 1. The van der Waals surface area contributed by atoms with Crippen molar-refractivity contribution in [1.29, 1.82) is 5.26 Å². The topological polar surface area (TPSA) is 71.3 Å². The molecule has 6 heteroatoms. The van der Waals surface area contributed by atoms with Crippen molar-refractivity contribution in [3.8, 4) is 17.6 Å². The largest absolute Gasteiger partial charge is 0.493 e. The number of carbonyl (C=O) groups excluding carboxylic acids is 1. The Balaban J connectivity index is 1.86. The first-order valence-electron chi connectivity index (χ1n) is 7.35. The van der Waals surface area contributed by atoms with Gasteiger partial charge in [0, 0.05) is 12.6 Å². The number of hydrogen-bond acceptors (Lipinski definition) is 4. The number of hydrogen-bond donors (Lipinski definition) is 1. The van der Waals surface area contributed by atoms with E-state index in [1.165, 1.54) is 19.2 Å². The molecule has 0 heterocycles. The SMILES string of the molecule is COc1cc(C#N)cc(Cl)c1OCC(=O)NCCc1ccccc1. The quantitative estimate of drug-likeness (QED) is 0.838. The molecule has 0 unspecified atom stereocenters. The van der Waals surface area contributed by atoms with Gasteiger partial charge in [0.2, 0.25) is 0 Å². The van der Waals surface area contributed by atoms with Crippen molar-refractivity contribution in [1.82, 2.24) is 5.32 Å². The maximum atomic E-state index is 11.9. The zero-order valence-electron chi connectivity index (χ0n) is 13.2. The van der Waals surface area contributed by atoms with Crippen LogP contribution in [-0.2, 0) is 11.2 Å². The van der Waals surface area contributed by atoms with E-state index in [4.69, 9.17) is 26.3 Å². The molecule has 0 aliphatic carbocycles. The highest BCUT2D eigenvalue weighted by molar-refractivity contribution is 6.32. The van der Waals surface area contributed by atoms with Crippen LogP contribution in [0.5, 0.6) is 11.5 Å². The standard InChI is InChI=1S/C18H17ClN2O3/c1-23-16-10-14(11-20)9-15(19)18(16)24-12-17(22)21-8-7-13-5-3-2-4-6-13/h2-6,9-10H,7-8,12H2,1H3,(H,21,22). The molecule has 1 N–H and O–H groups in total. The zero-order valence-corrected chi connectivity index (χ0v) is 14.0. The second-order valence-corrected chi connectivity index (χ2v) is 5.38. The Kier molecular flexibility index (Phi) is 6.47. The Bertz CT molecular complexity index is 742. The number of nitrogens with one attached hydrogen (secondary N) is 1. The van der Waals surface area contributed by atoms with Gasteiger partial charge >= 0.3 is 0 Å². The molecule has 2 aromatic rings. The van der Waals surface area contributed by atoms with Gasteiger partial charge in [-0.3, -0.25) is 4.79 Å². The number of benzene rings is 2. The fraction of sp³-hybridized carbons (Fsp3) is 0.222. The first-order chi connectivity index (χ1) is 11.6. The summed E-state index contributed by atoms with van der Waals surface area (Å²) in [5.41, 5.74) is 1.51. The lowest BCUT2D eigenvalue weighted by Crippen LogP contribution is -2.30. The predicted octanol–water partition coefficient (Wildman–Crippen LogP) is 2.96. The van der Waals surface area contributed by atoms with Crippen LogP contribution in [0.3, 0.4) is 0 Å². The van der Waals surface area contributed by atoms with Gasteiger partial charge in [-0.1, -0.05) is 41.9 Å². The van der Waals surface area contributed by atoms with Crippen LogP contribution in [0, 0.1) is 11.3 Å². The van der Waals surface area contributed by atoms with Crippen LogP contribution < -0.4 is 14.8 Å². The van der Waals surface area contributed by atoms with Crippen LogP contribution in [0.1, 0.15) is 11.1 Å². The molecule has 0 aromatic heterocycles. The highest BCUT2D eigenvalue weighted by atomic mass is 35.5. The summed E-state index contributed by atoms with van der Waals surface area (Å²) in [7, 11) is 1.44. The Morgan fingerprint density at radius 2 is 2.04 bits per heavy atom. The molecular weight excluding hydrogens is 328 g/mol. The summed E-state index contributed by atoms with van der Waals surface area (Å²) in [6, 6.07) is 14.8. The van der Waals surface area contributed by atoms with Crippen molar-refractivity contribution in [2.24, 2.45) is 0 Å². The molecule has 5 nitrogen and oxygen atoms in total. The Labute approximate surface area is 145 Å². The van der Waals surface area contributed by atoms with Crippen LogP contribution in [0.15, 0.2) is 42.5 Å². The molecule has 2 rings (SSSR count). The van der Waals surface area contributed by atoms with Crippen LogP contribution in [0.25, 0.3) is 0 Å². The molecule has 0 aliphatic heterocycles. The number of rotatable bonds is 7. The molecule has 24 heavy (non-hydrogen) atoms. The Morgan fingerprint density at radius 3 is 2.71 bits per heavy atom. The van der Waals surface area contributed by atoms with Crippen LogP contribution >= 0.6 is 11.6 Å². The Morgan fingerprint density at radius 1 is 1.29 bits per heavy atom. The van der Waals surface area contributed by atoms with Gasteiger partial charge in [0.25, 0.3) is 5.91 Å². The molecule has 0 aliphatic rings. The maximum Gasteiger partial charge on any atom is 0.257 e. The molecule has 124 valence electrons. The van der Waals surface area contributed by atoms with Gasteiger partial charge < -0.3 is 14.8 Å². The second-order valence-electron chi connectivity index (χ2n) is 4.98. The van der Waals surface area contributed by atoms with Gasteiger partial charge in [0.15, 0.2) is 18.1 Å². The van der Waals surface area contributed by atoms with Gasteiger partial charge in [-0.05, 0) is 18.1 Å². The molecule has 0 atom stereocenters. The normalized spacial score (nSPS) is 9.88. The molecule has 0 saturated carbocycles. The summed E-state index contributed by atoms with van der Waals surface area (Å²) >= 11 is 6.07. The molecule has 1 amide bonds. The minimum atomic E-state index is -0.256. The fourth-order valence-electron chi connectivity index (χ4n) is 2.10. The maximum absolute atomic E-state index is 11.9. The third-order valence-electron chi connectivity index (χ3n) is 3.28. The third-order valence-corrected chi connectivity index (χ3v) is 3.57. The van der Waals surface area contributed by atoms with Crippen molar-refractivity contribution in [3.63, 3.8) is 0 Å². The predicted molar refractivity (Wildman–Crippen MR) is 91.4 cm³/mol. The summed E-state index contributed by atoms with van der Waals surface area (Å²) in [5, 5.41) is 11.9. The van der Waals surface area contributed by atoms with Crippen LogP contribution in [0.2, 0.25) is 5.02 Å². The lowest BCUT2D eigenvalue weighted by atomic mass is 10.1. The monoisotopic (exact) mass is 344 g/mol. The lowest BCUT2D eigenvalue weighted by Gasteiger charge is -2.12. The number of halogens is 1. The summed E-state index contributed by atoms with van der Waals surface area (Å²) in [6.45, 7) is 0.335. The van der Waals surface area contributed by atoms with Gasteiger partial charge in [-0.15, -0.1) is 0 Å². The first kappa shape index (κ1) is 17.6. The number of carbonyl (C=O) groups is 1. The van der Waals surface area contributed by atoms with E-state index in [1.807, 2.05) is 36.4 Å². The van der Waals surface area contributed by atoms with E-state index >= 15 is 0 Å². The van der Waals surface area contributed by atoms with E-state index in [2.05, 4.69) is 5.32 Å². The van der Waals surface area contributed by atoms with Crippen molar-refractivity contribution in [3.05, 3.63) is 58.6 Å². The van der Waals surface area contributed by atoms with Gasteiger partial charge in [-0.2, -0.15) is 5.26 Å². The smallest absolute Gasteiger partial charge is 0.257 e. The minimum absolute atomic E-state index is 0.184. The van der Waals surface area contributed by atoms with Gasteiger partial charge in [0.1, 0.15) is 0 Å². The average molecular weight is 345 g/mol. The van der Waals surface area contributed by atoms with E-state index < -0.39 is 0 Å². The molecule has 0 radical (unpaired) electrons. The van der Waals surface area contributed by atoms with Crippen LogP contribution in [-0.4, -0.2) is 26.2 Å². The first-order valence-corrected chi connectivity index (χ1v) is 7.73. The van der Waals surface area contributed by atoms with Crippen molar-refractivity contribution in [2.45, 2.75) is 6.42 Å². The average Bonchev–Trinajstić information content (AvgIpc) is 2.60. The number of nitrogens with zero attached hydrogens (tertiary/aromatic N) is 1. The number of ether oxygens (including phenoxy) is 2. The zero-order chi connectivity index (χ0) is 17.4. The van der Waals surface area contributed by atoms with Gasteiger partial charge in [-0.25, -0.2) is 0 Å². The van der Waals surface area contributed by atoms with E-state index in [-0.39, 0.29) is 23.3 Å².